The minimum atomic E-state index is -0.000499. The summed E-state index contributed by atoms with van der Waals surface area (Å²) in [6, 6.07) is 16.5. The molecule has 3 aliphatic heterocycles. The molecular formula is C25H31ClN4O. The zero-order chi connectivity index (χ0) is 21.3. The predicted octanol–water partition coefficient (Wildman–Crippen LogP) is 4.94. The van der Waals surface area contributed by atoms with E-state index in [2.05, 4.69) is 39.8 Å². The van der Waals surface area contributed by atoms with Gasteiger partial charge in [-0.15, -0.1) is 0 Å². The van der Waals surface area contributed by atoms with Crippen LogP contribution in [0.25, 0.3) is 0 Å². The Balaban J connectivity index is 1.13. The van der Waals surface area contributed by atoms with Gasteiger partial charge in [-0.1, -0.05) is 23.7 Å². The molecule has 3 aliphatic rings. The standard InChI is InChI=1S/C25H31ClN4O/c26-21-3-1-19(2-4-21)20-9-14-29(15-10-20)24(31)28-22-5-7-23(8-6-22)30-16-12-25(18-30)11-13-27-17-25/h1-8,20,27H,9-18H2,(H,28,31). The number of carbonyl (C=O) groups is 1. The fraction of sp³-hybridized carbons (Fsp3) is 0.480. The number of halogens is 1. The Morgan fingerprint density at radius 2 is 1.74 bits per heavy atom. The molecule has 164 valence electrons. The number of rotatable bonds is 3. The molecule has 0 bridgehead atoms. The second kappa shape index (κ2) is 8.71. The Morgan fingerprint density at radius 1 is 1.00 bits per heavy atom. The Bertz CT molecular complexity index is 900. The van der Waals surface area contributed by atoms with Crippen molar-refractivity contribution in [1.82, 2.24) is 10.2 Å². The van der Waals surface area contributed by atoms with Crippen molar-refractivity contribution in [2.75, 3.05) is 49.5 Å². The summed E-state index contributed by atoms with van der Waals surface area (Å²) in [6.07, 6.45) is 4.52. The molecule has 5 rings (SSSR count). The van der Waals surface area contributed by atoms with Crippen LogP contribution in [-0.4, -0.2) is 50.2 Å². The first kappa shape index (κ1) is 20.7. The van der Waals surface area contributed by atoms with E-state index in [1.165, 1.54) is 24.1 Å². The van der Waals surface area contributed by atoms with Crippen molar-refractivity contribution in [2.24, 2.45) is 5.41 Å². The topological polar surface area (TPSA) is 47.6 Å². The van der Waals surface area contributed by atoms with E-state index in [0.717, 1.165) is 62.8 Å². The molecule has 2 aromatic carbocycles. The summed E-state index contributed by atoms with van der Waals surface area (Å²) in [5.74, 6) is 0.499. The first-order chi connectivity index (χ1) is 15.1. The van der Waals surface area contributed by atoms with Gasteiger partial charge in [-0.3, -0.25) is 0 Å². The smallest absolute Gasteiger partial charge is 0.321 e. The van der Waals surface area contributed by atoms with Crippen molar-refractivity contribution < 1.29 is 4.79 Å². The van der Waals surface area contributed by atoms with Crippen LogP contribution in [0.2, 0.25) is 5.02 Å². The number of likely N-dealkylation sites (tertiary alicyclic amines) is 1. The average molecular weight is 439 g/mol. The van der Waals surface area contributed by atoms with Crippen molar-refractivity contribution in [1.29, 1.82) is 0 Å². The summed E-state index contributed by atoms with van der Waals surface area (Å²) in [5.41, 5.74) is 3.90. The number of anilines is 2. The van der Waals surface area contributed by atoms with Gasteiger partial charge in [-0.25, -0.2) is 4.79 Å². The number of piperidine rings is 1. The zero-order valence-corrected chi connectivity index (χ0v) is 18.7. The second-order valence-corrected chi connectivity index (χ2v) is 9.82. The molecule has 6 heteroatoms. The molecule has 3 saturated heterocycles. The van der Waals surface area contributed by atoms with E-state index < -0.39 is 0 Å². The Morgan fingerprint density at radius 3 is 2.42 bits per heavy atom. The lowest BCUT2D eigenvalue weighted by molar-refractivity contribution is 0.194. The van der Waals surface area contributed by atoms with Crippen molar-refractivity contribution >= 4 is 29.0 Å². The molecule has 3 fully saturated rings. The van der Waals surface area contributed by atoms with Gasteiger partial charge in [-0.2, -0.15) is 0 Å². The van der Waals surface area contributed by atoms with Gasteiger partial charge in [0.15, 0.2) is 0 Å². The highest BCUT2D eigenvalue weighted by molar-refractivity contribution is 6.30. The van der Waals surface area contributed by atoms with Crippen LogP contribution in [0.3, 0.4) is 0 Å². The van der Waals surface area contributed by atoms with Crippen LogP contribution < -0.4 is 15.5 Å². The third-order valence-electron chi connectivity index (χ3n) is 7.38. The van der Waals surface area contributed by atoms with E-state index in [0.29, 0.717) is 11.3 Å². The molecule has 0 aromatic heterocycles. The first-order valence-electron chi connectivity index (χ1n) is 11.5. The molecule has 2 aromatic rings. The third kappa shape index (κ3) is 4.53. The Hall–Kier alpha value is -2.24. The molecule has 5 nitrogen and oxygen atoms in total. The maximum atomic E-state index is 12.7. The van der Waals surface area contributed by atoms with Gasteiger partial charge < -0.3 is 20.4 Å². The number of benzene rings is 2. The highest BCUT2D eigenvalue weighted by atomic mass is 35.5. The van der Waals surface area contributed by atoms with Crippen molar-refractivity contribution in [3.05, 3.63) is 59.1 Å². The summed E-state index contributed by atoms with van der Waals surface area (Å²) in [4.78, 5) is 17.2. The Labute approximate surface area is 189 Å². The van der Waals surface area contributed by atoms with Crippen LogP contribution in [0.4, 0.5) is 16.2 Å². The molecule has 1 atom stereocenters. The summed E-state index contributed by atoms with van der Waals surface area (Å²) in [6.45, 7) is 6.11. The molecular weight excluding hydrogens is 408 g/mol. The van der Waals surface area contributed by atoms with Gasteiger partial charge in [-0.05, 0) is 80.1 Å². The van der Waals surface area contributed by atoms with E-state index >= 15 is 0 Å². The second-order valence-electron chi connectivity index (χ2n) is 9.39. The molecule has 1 spiro atoms. The molecule has 0 radical (unpaired) electrons. The first-order valence-corrected chi connectivity index (χ1v) is 11.9. The van der Waals surface area contributed by atoms with Crippen molar-refractivity contribution in [3.63, 3.8) is 0 Å². The fourth-order valence-corrected chi connectivity index (χ4v) is 5.53. The highest BCUT2D eigenvalue weighted by Crippen LogP contribution is 2.38. The van der Waals surface area contributed by atoms with E-state index in [1.807, 2.05) is 29.2 Å². The monoisotopic (exact) mass is 438 g/mol. The van der Waals surface area contributed by atoms with Gasteiger partial charge in [0.1, 0.15) is 0 Å². The largest absolute Gasteiger partial charge is 0.371 e. The number of urea groups is 1. The van der Waals surface area contributed by atoms with Crippen LogP contribution in [0, 0.1) is 5.41 Å². The van der Waals surface area contributed by atoms with Gasteiger partial charge in [0.05, 0.1) is 0 Å². The Kier molecular flexibility index (Phi) is 5.81. The fourth-order valence-electron chi connectivity index (χ4n) is 5.41. The molecule has 2 amide bonds. The molecule has 31 heavy (non-hydrogen) atoms. The third-order valence-corrected chi connectivity index (χ3v) is 7.63. The quantitative estimate of drug-likeness (QED) is 0.713. The number of hydrogen-bond donors (Lipinski definition) is 2. The number of hydrogen-bond acceptors (Lipinski definition) is 3. The lowest BCUT2D eigenvalue weighted by Gasteiger charge is -2.32. The van der Waals surface area contributed by atoms with E-state index in [1.54, 1.807) is 0 Å². The van der Waals surface area contributed by atoms with E-state index in [-0.39, 0.29) is 6.03 Å². The minimum absolute atomic E-state index is 0.000499. The highest BCUT2D eigenvalue weighted by Gasteiger charge is 2.40. The van der Waals surface area contributed by atoms with Crippen molar-refractivity contribution in [2.45, 2.75) is 31.6 Å². The van der Waals surface area contributed by atoms with Gasteiger partial charge in [0.25, 0.3) is 0 Å². The van der Waals surface area contributed by atoms with Crippen LogP contribution in [0.5, 0.6) is 0 Å². The lowest BCUT2D eigenvalue weighted by Crippen LogP contribution is -2.40. The van der Waals surface area contributed by atoms with Gasteiger partial charge in [0, 0.05) is 54.5 Å². The van der Waals surface area contributed by atoms with E-state index in [9.17, 15) is 4.79 Å². The lowest BCUT2D eigenvalue weighted by atomic mass is 9.86. The molecule has 0 aliphatic carbocycles. The van der Waals surface area contributed by atoms with Crippen LogP contribution >= 0.6 is 11.6 Å². The molecule has 0 saturated carbocycles. The van der Waals surface area contributed by atoms with Crippen LogP contribution in [-0.2, 0) is 0 Å². The summed E-state index contributed by atoms with van der Waals surface area (Å²) >= 11 is 6.00. The maximum Gasteiger partial charge on any atom is 0.321 e. The van der Waals surface area contributed by atoms with Crippen LogP contribution in [0.15, 0.2) is 48.5 Å². The number of nitrogens with zero attached hydrogens (tertiary/aromatic N) is 2. The summed E-state index contributed by atoms with van der Waals surface area (Å²) in [7, 11) is 0. The predicted molar refractivity (Wildman–Crippen MR) is 127 cm³/mol. The summed E-state index contributed by atoms with van der Waals surface area (Å²) < 4.78 is 0. The maximum absolute atomic E-state index is 12.7. The molecule has 3 heterocycles. The van der Waals surface area contributed by atoms with Gasteiger partial charge >= 0.3 is 6.03 Å². The number of nitrogens with one attached hydrogen (secondary N) is 2. The zero-order valence-electron chi connectivity index (χ0n) is 17.9. The van der Waals surface area contributed by atoms with Crippen molar-refractivity contribution in [3.8, 4) is 0 Å². The molecule has 1 unspecified atom stereocenters. The average Bonchev–Trinajstić information content (AvgIpc) is 3.45. The normalized spacial score (nSPS) is 24.2. The molecule has 2 N–H and O–H groups in total. The van der Waals surface area contributed by atoms with Gasteiger partial charge in [0.2, 0.25) is 0 Å². The minimum Gasteiger partial charge on any atom is -0.371 e. The SMILES string of the molecule is O=C(Nc1ccc(N2CCC3(CCNC3)C2)cc1)N1CCC(c2ccc(Cl)cc2)CC1. The van der Waals surface area contributed by atoms with E-state index in [4.69, 9.17) is 11.6 Å². The summed E-state index contributed by atoms with van der Waals surface area (Å²) in [5, 5.41) is 7.37. The van der Waals surface area contributed by atoms with Crippen LogP contribution in [0.1, 0.15) is 37.2 Å². The number of amides is 2. The number of carbonyl (C=O) groups excluding carboxylic acids is 1.